The van der Waals surface area contributed by atoms with Gasteiger partial charge in [-0.15, -0.1) is 0 Å². The van der Waals surface area contributed by atoms with E-state index in [1.54, 1.807) is 12.1 Å². The first-order chi connectivity index (χ1) is 9.79. The van der Waals surface area contributed by atoms with Crippen molar-refractivity contribution in [3.63, 3.8) is 0 Å². The summed E-state index contributed by atoms with van der Waals surface area (Å²) in [7, 11) is 0. The number of anilines is 1. The molecule has 0 aliphatic carbocycles. The van der Waals surface area contributed by atoms with Crippen LogP contribution in [0.3, 0.4) is 0 Å². The monoisotopic (exact) mass is 271 g/mol. The van der Waals surface area contributed by atoms with Crippen molar-refractivity contribution in [3.05, 3.63) is 59.7 Å². The first kappa shape index (κ1) is 13.1. The number of rotatable bonds is 3. The molecule has 104 valence electrons. The van der Waals surface area contributed by atoms with E-state index in [0.717, 1.165) is 25.1 Å². The van der Waals surface area contributed by atoms with Gasteiger partial charge in [-0.1, -0.05) is 6.07 Å². The van der Waals surface area contributed by atoms with E-state index in [9.17, 15) is 4.39 Å². The van der Waals surface area contributed by atoms with Crippen molar-refractivity contribution in [1.29, 1.82) is 0 Å². The van der Waals surface area contributed by atoms with Crippen molar-refractivity contribution in [2.45, 2.75) is 25.4 Å². The van der Waals surface area contributed by atoms with E-state index < -0.39 is 0 Å². The molecule has 1 aromatic carbocycles. The summed E-state index contributed by atoms with van der Waals surface area (Å²) >= 11 is 0. The summed E-state index contributed by atoms with van der Waals surface area (Å²) in [4.78, 5) is 6.32. The van der Waals surface area contributed by atoms with Crippen molar-refractivity contribution in [2.75, 3.05) is 11.4 Å². The standard InChI is InChI=1S/C16H18FN3/c17-15-10-14(4-3-13(15)11-18)20-9-1-2-16(20)12-5-7-19-8-6-12/h3-8,10,16H,1-2,9,11,18H2. The van der Waals surface area contributed by atoms with Crippen molar-refractivity contribution in [1.82, 2.24) is 4.98 Å². The molecule has 0 spiro atoms. The molecule has 0 radical (unpaired) electrons. The van der Waals surface area contributed by atoms with Crippen LogP contribution < -0.4 is 10.6 Å². The fourth-order valence-electron chi connectivity index (χ4n) is 2.89. The van der Waals surface area contributed by atoms with Crippen LogP contribution in [0.2, 0.25) is 0 Å². The molecule has 0 bridgehead atoms. The average Bonchev–Trinajstić information content (AvgIpc) is 2.97. The molecule has 4 heteroatoms. The molecule has 2 N–H and O–H groups in total. The Bertz CT molecular complexity index is 586. The van der Waals surface area contributed by atoms with E-state index in [-0.39, 0.29) is 12.4 Å². The fraction of sp³-hybridized carbons (Fsp3) is 0.312. The Morgan fingerprint density at radius 2 is 2.05 bits per heavy atom. The zero-order valence-electron chi connectivity index (χ0n) is 11.3. The van der Waals surface area contributed by atoms with Crippen LogP contribution in [0.25, 0.3) is 0 Å². The van der Waals surface area contributed by atoms with Crippen molar-refractivity contribution < 1.29 is 4.39 Å². The number of hydrogen-bond acceptors (Lipinski definition) is 3. The maximum absolute atomic E-state index is 13.9. The van der Waals surface area contributed by atoms with Gasteiger partial charge in [0.05, 0.1) is 6.04 Å². The fourth-order valence-corrected chi connectivity index (χ4v) is 2.89. The van der Waals surface area contributed by atoms with Crippen LogP contribution in [0, 0.1) is 5.82 Å². The quantitative estimate of drug-likeness (QED) is 0.933. The minimum atomic E-state index is -0.217. The first-order valence-electron chi connectivity index (χ1n) is 6.94. The third kappa shape index (κ3) is 2.39. The van der Waals surface area contributed by atoms with Gasteiger partial charge in [0.2, 0.25) is 0 Å². The second-order valence-electron chi connectivity index (χ2n) is 5.11. The predicted molar refractivity (Wildman–Crippen MR) is 77.8 cm³/mol. The summed E-state index contributed by atoms with van der Waals surface area (Å²) in [5.74, 6) is -0.217. The van der Waals surface area contributed by atoms with Crippen LogP contribution in [0.1, 0.15) is 30.0 Å². The molecule has 1 fully saturated rings. The van der Waals surface area contributed by atoms with E-state index in [1.165, 1.54) is 5.56 Å². The van der Waals surface area contributed by atoms with E-state index >= 15 is 0 Å². The summed E-state index contributed by atoms with van der Waals surface area (Å²) in [6, 6.07) is 9.72. The van der Waals surface area contributed by atoms with Gasteiger partial charge in [-0.25, -0.2) is 4.39 Å². The van der Waals surface area contributed by atoms with E-state index in [0.29, 0.717) is 11.6 Å². The lowest BCUT2D eigenvalue weighted by Crippen LogP contribution is -2.22. The SMILES string of the molecule is NCc1ccc(N2CCCC2c2ccncc2)cc1F. The molecular formula is C16H18FN3. The third-order valence-corrected chi connectivity index (χ3v) is 3.93. The van der Waals surface area contributed by atoms with Crippen LogP contribution in [-0.4, -0.2) is 11.5 Å². The molecule has 3 rings (SSSR count). The lowest BCUT2D eigenvalue weighted by Gasteiger charge is -2.27. The van der Waals surface area contributed by atoms with Gasteiger partial charge in [0.1, 0.15) is 5.82 Å². The molecule has 20 heavy (non-hydrogen) atoms. The predicted octanol–water partition coefficient (Wildman–Crippen LogP) is 3.02. The third-order valence-electron chi connectivity index (χ3n) is 3.93. The highest BCUT2D eigenvalue weighted by Crippen LogP contribution is 2.36. The van der Waals surface area contributed by atoms with Crippen molar-refractivity contribution in [2.24, 2.45) is 5.73 Å². The molecule has 1 aliphatic rings. The van der Waals surface area contributed by atoms with Crippen LogP contribution in [0.5, 0.6) is 0 Å². The normalized spacial score (nSPS) is 18.5. The van der Waals surface area contributed by atoms with Gasteiger partial charge in [-0.2, -0.15) is 0 Å². The van der Waals surface area contributed by atoms with E-state index in [4.69, 9.17) is 5.73 Å². The number of nitrogens with zero attached hydrogens (tertiary/aromatic N) is 2. The highest BCUT2D eigenvalue weighted by Gasteiger charge is 2.26. The van der Waals surface area contributed by atoms with E-state index in [2.05, 4.69) is 9.88 Å². The maximum Gasteiger partial charge on any atom is 0.129 e. The number of nitrogens with two attached hydrogens (primary N) is 1. The van der Waals surface area contributed by atoms with Crippen LogP contribution in [-0.2, 0) is 6.54 Å². The first-order valence-corrected chi connectivity index (χ1v) is 6.94. The zero-order chi connectivity index (χ0) is 13.9. The Labute approximate surface area is 118 Å². The Morgan fingerprint density at radius 3 is 2.75 bits per heavy atom. The molecule has 1 unspecified atom stereocenters. The topological polar surface area (TPSA) is 42.1 Å². The smallest absolute Gasteiger partial charge is 0.129 e. The van der Waals surface area contributed by atoms with Gasteiger partial charge in [0, 0.05) is 36.7 Å². The van der Waals surface area contributed by atoms with Gasteiger partial charge in [-0.05, 0) is 42.7 Å². The number of aromatic nitrogens is 1. The van der Waals surface area contributed by atoms with Crippen LogP contribution >= 0.6 is 0 Å². The molecule has 1 aromatic heterocycles. The molecular weight excluding hydrogens is 253 g/mol. The lowest BCUT2D eigenvalue weighted by atomic mass is 10.1. The Hall–Kier alpha value is -1.94. The minimum Gasteiger partial charge on any atom is -0.364 e. The summed E-state index contributed by atoms with van der Waals surface area (Å²) in [5.41, 5.74) is 8.24. The van der Waals surface area contributed by atoms with Gasteiger partial charge in [-0.3, -0.25) is 4.98 Å². The number of pyridine rings is 1. The molecule has 2 aromatic rings. The van der Waals surface area contributed by atoms with Crippen LogP contribution in [0.15, 0.2) is 42.7 Å². The number of halogens is 1. The Balaban J connectivity index is 1.91. The lowest BCUT2D eigenvalue weighted by molar-refractivity contribution is 0.608. The van der Waals surface area contributed by atoms with Crippen LogP contribution in [0.4, 0.5) is 10.1 Å². The molecule has 2 heterocycles. The van der Waals surface area contributed by atoms with Gasteiger partial charge in [0.15, 0.2) is 0 Å². The molecule has 3 nitrogen and oxygen atoms in total. The zero-order valence-corrected chi connectivity index (χ0v) is 11.3. The largest absolute Gasteiger partial charge is 0.364 e. The molecule has 1 atom stereocenters. The summed E-state index contributed by atoms with van der Waals surface area (Å²) < 4.78 is 13.9. The molecule has 1 saturated heterocycles. The summed E-state index contributed by atoms with van der Waals surface area (Å²) in [6.07, 6.45) is 5.82. The van der Waals surface area contributed by atoms with Crippen molar-refractivity contribution in [3.8, 4) is 0 Å². The maximum atomic E-state index is 13.9. The summed E-state index contributed by atoms with van der Waals surface area (Å²) in [5, 5.41) is 0. The number of hydrogen-bond donors (Lipinski definition) is 1. The minimum absolute atomic E-state index is 0.217. The Morgan fingerprint density at radius 1 is 1.25 bits per heavy atom. The van der Waals surface area contributed by atoms with Gasteiger partial charge in [0.25, 0.3) is 0 Å². The van der Waals surface area contributed by atoms with Gasteiger partial charge < -0.3 is 10.6 Å². The highest BCUT2D eigenvalue weighted by molar-refractivity contribution is 5.51. The molecule has 1 aliphatic heterocycles. The molecule has 0 saturated carbocycles. The van der Waals surface area contributed by atoms with Crippen molar-refractivity contribution >= 4 is 5.69 Å². The summed E-state index contributed by atoms with van der Waals surface area (Å²) in [6.45, 7) is 1.19. The average molecular weight is 271 g/mol. The van der Waals surface area contributed by atoms with E-state index in [1.807, 2.05) is 30.6 Å². The second kappa shape index (κ2) is 5.59. The highest BCUT2D eigenvalue weighted by atomic mass is 19.1. The van der Waals surface area contributed by atoms with Gasteiger partial charge >= 0.3 is 0 Å². The second-order valence-corrected chi connectivity index (χ2v) is 5.11. The number of benzene rings is 1. The molecule has 0 amide bonds. The Kier molecular flexibility index (Phi) is 3.65.